The molecule has 0 unspecified atom stereocenters. The van der Waals surface area contributed by atoms with Crippen LogP contribution < -0.4 is 20.9 Å². The van der Waals surface area contributed by atoms with E-state index in [9.17, 15) is 29.1 Å². The number of ketones is 1. The Balaban J connectivity index is 0.521. The number of aliphatic hydroxyl groups is 1. The average Bonchev–Trinajstić information content (AvgIpc) is 1.68. The van der Waals surface area contributed by atoms with Gasteiger partial charge in [0.1, 0.15) is 41.3 Å². The molecule has 1 aliphatic heterocycles. The predicted octanol–water partition coefficient (Wildman–Crippen LogP) is 4.68. The number of hydrogen-bond acceptors (Lipinski definition) is 29. The zero-order valence-electron chi connectivity index (χ0n) is 63.5. The quantitative estimate of drug-likeness (QED) is 0.0344. The summed E-state index contributed by atoms with van der Waals surface area (Å²) < 4.78 is 102. The number of carbonyl (C=O) groups excluding carboxylic acids is 4. The molecule has 33 heteroatoms. The third-order valence-electron chi connectivity index (χ3n) is 16.3. The summed E-state index contributed by atoms with van der Waals surface area (Å²) in [6.07, 6.45) is 0.892. The minimum absolute atomic E-state index is 0.0101. The highest BCUT2D eigenvalue weighted by molar-refractivity contribution is 7.13. The highest BCUT2D eigenvalue weighted by Gasteiger charge is 2.44. The van der Waals surface area contributed by atoms with Crippen molar-refractivity contribution in [3.05, 3.63) is 111 Å². The van der Waals surface area contributed by atoms with E-state index >= 15 is 0 Å². The summed E-state index contributed by atoms with van der Waals surface area (Å²) >= 11 is 1.57. The molecular weight excluding hydrogens is 1440 g/mol. The number of aliphatic hydroxyl groups excluding tert-OH is 1. The van der Waals surface area contributed by atoms with Gasteiger partial charge in [-0.1, -0.05) is 51.1 Å². The fraction of sp³-hybridized carbons (Fsp3) is 0.618. The van der Waals surface area contributed by atoms with Crippen LogP contribution in [0, 0.1) is 12.3 Å². The minimum atomic E-state index is -0.934. The van der Waals surface area contributed by atoms with Gasteiger partial charge in [0.2, 0.25) is 23.6 Å². The van der Waals surface area contributed by atoms with Gasteiger partial charge < -0.3 is 106 Å². The van der Waals surface area contributed by atoms with Crippen LogP contribution in [0.15, 0.2) is 87.6 Å². The molecule has 3 N–H and O–H groups in total. The molecule has 5 heterocycles. The number of aromatic nitrogens is 5. The second-order valence-electron chi connectivity index (χ2n) is 25.8. The van der Waals surface area contributed by atoms with Crippen LogP contribution in [-0.4, -0.2) is 301 Å². The maximum atomic E-state index is 14.0. The lowest BCUT2D eigenvalue weighted by Gasteiger charge is -2.35. The number of aryl methyl sites for hydroxylation is 2. The SMILES string of the molecule is Cc1ncsc1-c1ccc(CNC(=O)[C@H]2C[C@H](O)CN2C(=O)[C@H](NC(=O)CCOCCOCCOCCOCCOCCOCCOCCOCCOCCOCCOCCOCCOCCOCCOCCOCCOc2ccc(C(=O)Cc3ccc4oc(-c5ccc(=O)n(C)n5)nc4c3)nc2)C(C)(C)C)cc1. The van der Waals surface area contributed by atoms with E-state index in [2.05, 4.69) is 30.7 Å². The molecule has 0 saturated carbocycles. The van der Waals surface area contributed by atoms with Crippen LogP contribution in [-0.2, 0) is 110 Å². The summed E-state index contributed by atoms with van der Waals surface area (Å²) in [6.45, 7) is 21.4. The van der Waals surface area contributed by atoms with Gasteiger partial charge in [0.15, 0.2) is 11.4 Å². The van der Waals surface area contributed by atoms with E-state index < -0.39 is 29.5 Å². The van der Waals surface area contributed by atoms with Gasteiger partial charge >= 0.3 is 0 Å². The average molecular weight is 1550 g/mol. The molecule has 0 radical (unpaired) electrons. The number of thiazole rings is 1. The van der Waals surface area contributed by atoms with Gasteiger partial charge in [0.25, 0.3) is 5.56 Å². The number of β-amino-alcohol motifs (C(OH)–C–C–N with tert-alkyl or cyclic N) is 1. The van der Waals surface area contributed by atoms with E-state index in [0.29, 0.717) is 233 Å². The van der Waals surface area contributed by atoms with Gasteiger partial charge in [-0.05, 0) is 59.4 Å². The molecule has 2 aromatic carbocycles. The summed E-state index contributed by atoms with van der Waals surface area (Å²) in [7, 11) is 1.55. The zero-order chi connectivity index (χ0) is 77.4. The highest BCUT2D eigenvalue weighted by Crippen LogP contribution is 2.29. The highest BCUT2D eigenvalue weighted by atomic mass is 32.1. The molecule has 4 aromatic heterocycles. The van der Waals surface area contributed by atoms with Gasteiger partial charge in [-0.15, -0.1) is 11.3 Å². The van der Waals surface area contributed by atoms with E-state index in [4.69, 9.17) is 84.9 Å². The number of oxazole rings is 1. The first kappa shape index (κ1) is 89.0. The molecule has 3 atom stereocenters. The van der Waals surface area contributed by atoms with Gasteiger partial charge in [-0.3, -0.25) is 24.0 Å². The van der Waals surface area contributed by atoms with E-state index in [1.807, 2.05) is 57.5 Å². The molecule has 0 bridgehead atoms. The van der Waals surface area contributed by atoms with Crippen LogP contribution in [0.4, 0.5) is 0 Å². The summed E-state index contributed by atoms with van der Waals surface area (Å²) in [5.41, 5.74) is 6.40. The van der Waals surface area contributed by atoms with Crippen LogP contribution in [0.1, 0.15) is 60.9 Å². The van der Waals surface area contributed by atoms with Crippen molar-refractivity contribution in [2.24, 2.45) is 12.5 Å². The maximum absolute atomic E-state index is 14.0. The number of rotatable bonds is 62. The van der Waals surface area contributed by atoms with Crippen molar-refractivity contribution in [2.45, 2.75) is 71.7 Å². The second-order valence-corrected chi connectivity index (χ2v) is 26.7. The van der Waals surface area contributed by atoms with Crippen molar-refractivity contribution >= 4 is 45.9 Å². The first-order valence-electron chi connectivity index (χ1n) is 37.0. The molecule has 1 aliphatic rings. The molecule has 32 nitrogen and oxygen atoms in total. The summed E-state index contributed by atoms with van der Waals surface area (Å²) in [4.78, 5) is 80.7. The second kappa shape index (κ2) is 52.8. The predicted molar refractivity (Wildman–Crippen MR) is 400 cm³/mol. The molecule has 6 aromatic rings. The lowest BCUT2D eigenvalue weighted by molar-refractivity contribution is -0.144. The molecule has 604 valence electrons. The van der Waals surface area contributed by atoms with E-state index in [1.54, 1.807) is 54.8 Å². The van der Waals surface area contributed by atoms with Gasteiger partial charge in [0, 0.05) is 45.5 Å². The van der Waals surface area contributed by atoms with E-state index in [-0.39, 0.29) is 74.6 Å². The number of nitrogens with zero attached hydrogens (tertiary/aromatic N) is 6. The number of ether oxygens (including phenoxy) is 17. The van der Waals surface area contributed by atoms with E-state index in [1.165, 1.54) is 21.8 Å². The van der Waals surface area contributed by atoms with Gasteiger partial charge in [0.05, 0.1) is 240 Å². The van der Waals surface area contributed by atoms with Crippen molar-refractivity contribution in [1.82, 2.24) is 40.3 Å². The number of amides is 3. The molecule has 0 aliphatic carbocycles. The normalized spacial score (nSPS) is 14.1. The molecule has 7 rings (SSSR count). The lowest BCUT2D eigenvalue weighted by atomic mass is 9.85. The number of hydrogen-bond donors (Lipinski definition) is 3. The Bertz CT molecular complexity index is 3560. The maximum Gasteiger partial charge on any atom is 0.266 e. The molecule has 1 saturated heterocycles. The van der Waals surface area contributed by atoms with Crippen LogP contribution in [0.2, 0.25) is 0 Å². The number of benzene rings is 2. The number of fused-ring (bicyclic) bond motifs is 1. The van der Waals surface area contributed by atoms with Crippen LogP contribution >= 0.6 is 11.3 Å². The largest absolute Gasteiger partial charge is 0.490 e. The van der Waals surface area contributed by atoms with Gasteiger partial charge in [-0.2, -0.15) is 5.10 Å². The fourth-order valence-corrected chi connectivity index (χ4v) is 11.3. The summed E-state index contributed by atoms with van der Waals surface area (Å²) in [6, 6.07) is 17.7. The van der Waals surface area contributed by atoms with Crippen LogP contribution in [0.25, 0.3) is 33.1 Å². The zero-order valence-corrected chi connectivity index (χ0v) is 64.4. The third-order valence-corrected chi connectivity index (χ3v) is 17.3. The number of nitrogens with one attached hydrogen (secondary N) is 2. The first-order chi connectivity index (χ1) is 53.1. The monoisotopic (exact) mass is 1550 g/mol. The molecule has 109 heavy (non-hydrogen) atoms. The molecule has 3 amide bonds. The number of pyridine rings is 1. The van der Waals surface area contributed by atoms with Crippen LogP contribution in [0.3, 0.4) is 0 Å². The van der Waals surface area contributed by atoms with Crippen LogP contribution in [0.5, 0.6) is 5.75 Å². The molecular formula is C76H110N8O24S. The fourth-order valence-electron chi connectivity index (χ4n) is 10.5. The van der Waals surface area contributed by atoms with Crippen molar-refractivity contribution < 1.29 is 109 Å². The Morgan fingerprint density at radius 2 is 1.04 bits per heavy atom. The minimum Gasteiger partial charge on any atom is -0.490 e. The topological polar surface area (TPSA) is 359 Å². The van der Waals surface area contributed by atoms with Crippen molar-refractivity contribution in [1.29, 1.82) is 0 Å². The van der Waals surface area contributed by atoms with Crippen molar-refractivity contribution in [2.75, 3.05) is 225 Å². The molecule has 0 spiro atoms. The number of likely N-dealkylation sites (tertiary alicyclic amines) is 1. The lowest BCUT2D eigenvalue weighted by Crippen LogP contribution is -2.57. The summed E-state index contributed by atoms with van der Waals surface area (Å²) in [5, 5.41) is 20.5. The summed E-state index contributed by atoms with van der Waals surface area (Å²) in [5.74, 6) is -0.518. The number of carbonyl (C=O) groups is 4. The Hall–Kier alpha value is -7.23. The smallest absolute Gasteiger partial charge is 0.266 e. The standard InChI is InChI=1S/C76H110N8O24S/c1-57-71(109-56-79-57)60-9-6-58(7-10-60)53-78-73(89)66-52-61(85)55-84(66)75(90)72(76(2,3)4)81-69(87)16-17-91-18-19-92-20-21-93-22-23-94-24-25-95-26-27-96-28-29-97-30-31-98-32-33-99-34-35-100-36-37-101-38-39-102-40-41-103-42-43-104-44-45-105-46-47-106-48-49-107-62-11-12-63(77-54-62)67(86)51-59-8-14-68-65(50-59)80-74(108-68)64-13-15-70(88)83(5)82-64/h6-15,50,54,56,61,66,72,85H,16-49,51-53,55H2,1-5H3,(H,78,89)(H,81,87)/t61-,66+,72-/m0/s1. The number of Topliss-reactive ketones (excluding diaryl/α,β-unsaturated/α-hetero) is 1. The first-order valence-corrected chi connectivity index (χ1v) is 37.9. The van der Waals surface area contributed by atoms with Crippen molar-refractivity contribution in [3.8, 4) is 27.8 Å². The molecule has 1 fully saturated rings. The Labute approximate surface area is 640 Å². The Kier molecular flexibility index (Phi) is 43.1. The van der Waals surface area contributed by atoms with Gasteiger partial charge in [-0.25, -0.2) is 19.6 Å². The van der Waals surface area contributed by atoms with Crippen molar-refractivity contribution in [3.63, 3.8) is 0 Å². The van der Waals surface area contributed by atoms with E-state index in [0.717, 1.165) is 27.3 Å². The Morgan fingerprint density at radius 1 is 0.578 bits per heavy atom. The Morgan fingerprint density at radius 3 is 1.47 bits per heavy atom. The third kappa shape index (κ3) is 35.8.